The van der Waals surface area contributed by atoms with E-state index in [0.717, 1.165) is 19.6 Å². The van der Waals surface area contributed by atoms with Crippen LogP contribution in [0.4, 0.5) is 0 Å². The van der Waals surface area contributed by atoms with Crippen LogP contribution < -0.4 is 5.32 Å². The molecular weight excluding hydrogens is 254 g/mol. The van der Waals surface area contributed by atoms with E-state index in [1.165, 1.54) is 10.7 Å². The Hall–Kier alpha value is -0.450. The highest BCUT2D eigenvalue weighted by Crippen LogP contribution is 2.21. The normalized spacial score (nSPS) is 25.4. The van der Waals surface area contributed by atoms with Crippen molar-refractivity contribution in [2.45, 2.75) is 53.2 Å². The highest BCUT2D eigenvalue weighted by molar-refractivity contribution is 7.09. The first-order valence-electron chi connectivity index (χ1n) is 7.35. The minimum atomic E-state index is 0.606. The standard InChI is InChI=1S/C15H27N3S/c1-10(2)14-8-18(15(6-16-14)11(3)4)7-13-9-19-12(5)17-13/h9-11,14-16H,6-8H2,1-5H3. The van der Waals surface area contributed by atoms with Gasteiger partial charge in [0.15, 0.2) is 0 Å². The minimum Gasteiger partial charge on any atom is -0.311 e. The lowest BCUT2D eigenvalue weighted by Crippen LogP contribution is -2.59. The highest BCUT2D eigenvalue weighted by Gasteiger charge is 2.31. The second-order valence-electron chi connectivity index (χ2n) is 6.36. The molecule has 1 aromatic rings. The van der Waals surface area contributed by atoms with Crippen LogP contribution in [0.1, 0.15) is 38.4 Å². The van der Waals surface area contributed by atoms with Crippen LogP contribution in [0, 0.1) is 18.8 Å². The van der Waals surface area contributed by atoms with Crippen LogP contribution >= 0.6 is 11.3 Å². The van der Waals surface area contributed by atoms with Gasteiger partial charge in [0.2, 0.25) is 0 Å². The van der Waals surface area contributed by atoms with E-state index >= 15 is 0 Å². The number of nitrogens with one attached hydrogen (secondary N) is 1. The van der Waals surface area contributed by atoms with Gasteiger partial charge in [-0.2, -0.15) is 0 Å². The Labute approximate surface area is 121 Å². The molecule has 2 rings (SSSR count). The summed E-state index contributed by atoms with van der Waals surface area (Å²) in [6, 6.07) is 1.23. The van der Waals surface area contributed by atoms with E-state index in [9.17, 15) is 0 Å². The first-order valence-corrected chi connectivity index (χ1v) is 8.23. The Bertz CT molecular complexity index is 400. The summed E-state index contributed by atoms with van der Waals surface area (Å²) in [5.74, 6) is 1.37. The first-order chi connectivity index (χ1) is 8.97. The van der Waals surface area contributed by atoms with Crippen molar-refractivity contribution in [1.82, 2.24) is 15.2 Å². The van der Waals surface area contributed by atoms with E-state index < -0.39 is 0 Å². The van der Waals surface area contributed by atoms with E-state index in [0.29, 0.717) is 23.9 Å². The van der Waals surface area contributed by atoms with Crippen LogP contribution in [-0.2, 0) is 6.54 Å². The van der Waals surface area contributed by atoms with Crippen LogP contribution in [0.5, 0.6) is 0 Å². The maximum Gasteiger partial charge on any atom is 0.0897 e. The molecule has 0 aliphatic carbocycles. The second-order valence-corrected chi connectivity index (χ2v) is 7.42. The summed E-state index contributed by atoms with van der Waals surface area (Å²) < 4.78 is 0. The van der Waals surface area contributed by atoms with Crippen molar-refractivity contribution < 1.29 is 0 Å². The highest BCUT2D eigenvalue weighted by atomic mass is 32.1. The Morgan fingerprint density at radius 3 is 2.63 bits per heavy atom. The molecule has 2 unspecified atom stereocenters. The molecule has 108 valence electrons. The van der Waals surface area contributed by atoms with Crippen molar-refractivity contribution >= 4 is 11.3 Å². The molecule has 0 amide bonds. The minimum absolute atomic E-state index is 0.606. The quantitative estimate of drug-likeness (QED) is 0.920. The Balaban J connectivity index is 2.07. The van der Waals surface area contributed by atoms with Crippen molar-refractivity contribution in [3.8, 4) is 0 Å². The smallest absolute Gasteiger partial charge is 0.0897 e. The largest absolute Gasteiger partial charge is 0.311 e. The van der Waals surface area contributed by atoms with Gasteiger partial charge in [0.25, 0.3) is 0 Å². The summed E-state index contributed by atoms with van der Waals surface area (Å²) in [6.07, 6.45) is 0. The van der Waals surface area contributed by atoms with Gasteiger partial charge in [-0.3, -0.25) is 4.90 Å². The second kappa shape index (κ2) is 6.33. The third-order valence-electron chi connectivity index (χ3n) is 4.10. The molecule has 4 heteroatoms. The molecule has 1 fully saturated rings. The number of hydrogen-bond donors (Lipinski definition) is 1. The lowest BCUT2D eigenvalue weighted by molar-refractivity contribution is 0.0774. The molecule has 1 aliphatic rings. The molecule has 1 aromatic heterocycles. The summed E-state index contributed by atoms with van der Waals surface area (Å²) in [5, 5.41) is 7.09. The van der Waals surface area contributed by atoms with Gasteiger partial charge < -0.3 is 5.32 Å². The fraction of sp³-hybridized carbons (Fsp3) is 0.800. The molecule has 0 bridgehead atoms. The van der Waals surface area contributed by atoms with Gasteiger partial charge in [0.1, 0.15) is 0 Å². The van der Waals surface area contributed by atoms with Crippen molar-refractivity contribution in [3.63, 3.8) is 0 Å². The average Bonchev–Trinajstić information content (AvgIpc) is 2.74. The van der Waals surface area contributed by atoms with Crippen LogP contribution in [-0.4, -0.2) is 35.1 Å². The molecule has 2 heterocycles. The van der Waals surface area contributed by atoms with Crippen LogP contribution in [0.25, 0.3) is 0 Å². The number of hydrogen-bond acceptors (Lipinski definition) is 4. The van der Waals surface area contributed by atoms with Crippen LogP contribution in [0.3, 0.4) is 0 Å². The van der Waals surface area contributed by atoms with Gasteiger partial charge in [0, 0.05) is 37.1 Å². The number of thiazole rings is 1. The van der Waals surface area contributed by atoms with Crippen LogP contribution in [0.15, 0.2) is 5.38 Å². The van der Waals surface area contributed by atoms with Crippen molar-refractivity contribution in [2.75, 3.05) is 13.1 Å². The van der Waals surface area contributed by atoms with Gasteiger partial charge in [-0.1, -0.05) is 27.7 Å². The third kappa shape index (κ3) is 3.77. The number of piperazine rings is 1. The fourth-order valence-electron chi connectivity index (χ4n) is 2.83. The Morgan fingerprint density at radius 1 is 1.37 bits per heavy atom. The zero-order chi connectivity index (χ0) is 14.0. The van der Waals surface area contributed by atoms with Crippen LogP contribution in [0.2, 0.25) is 0 Å². The topological polar surface area (TPSA) is 28.2 Å². The Kier molecular flexibility index (Phi) is 4.98. The molecular formula is C15H27N3S. The molecule has 3 nitrogen and oxygen atoms in total. The first kappa shape index (κ1) is 14.9. The molecule has 0 radical (unpaired) electrons. The predicted molar refractivity (Wildman–Crippen MR) is 82.5 cm³/mol. The van der Waals surface area contributed by atoms with Gasteiger partial charge in [-0.25, -0.2) is 4.98 Å². The summed E-state index contributed by atoms with van der Waals surface area (Å²) >= 11 is 1.76. The van der Waals surface area contributed by atoms with E-state index in [4.69, 9.17) is 0 Å². The lowest BCUT2D eigenvalue weighted by Gasteiger charge is -2.43. The molecule has 19 heavy (non-hydrogen) atoms. The van der Waals surface area contributed by atoms with Crippen molar-refractivity contribution in [3.05, 3.63) is 16.1 Å². The van der Waals surface area contributed by atoms with E-state index in [1.54, 1.807) is 11.3 Å². The zero-order valence-corrected chi connectivity index (χ0v) is 13.6. The fourth-order valence-corrected chi connectivity index (χ4v) is 3.43. The van der Waals surface area contributed by atoms with Gasteiger partial charge in [0.05, 0.1) is 10.7 Å². The molecule has 0 saturated carbocycles. The molecule has 0 aromatic carbocycles. The summed E-state index contributed by atoms with van der Waals surface area (Å²) in [4.78, 5) is 7.25. The summed E-state index contributed by atoms with van der Waals surface area (Å²) in [6.45, 7) is 14.6. The number of nitrogens with zero attached hydrogens (tertiary/aromatic N) is 2. The lowest BCUT2D eigenvalue weighted by atomic mass is 9.94. The molecule has 1 N–H and O–H groups in total. The number of rotatable bonds is 4. The maximum atomic E-state index is 4.62. The SMILES string of the molecule is Cc1nc(CN2CC(C(C)C)NCC2C(C)C)cs1. The third-order valence-corrected chi connectivity index (χ3v) is 4.92. The Morgan fingerprint density at radius 2 is 2.11 bits per heavy atom. The van der Waals surface area contributed by atoms with Crippen molar-refractivity contribution in [2.24, 2.45) is 11.8 Å². The molecule has 1 aliphatic heterocycles. The average molecular weight is 281 g/mol. The van der Waals surface area contributed by atoms with E-state index in [-0.39, 0.29) is 0 Å². The monoisotopic (exact) mass is 281 g/mol. The zero-order valence-electron chi connectivity index (χ0n) is 12.8. The van der Waals surface area contributed by atoms with Gasteiger partial charge in [-0.15, -0.1) is 11.3 Å². The van der Waals surface area contributed by atoms with Gasteiger partial charge in [-0.05, 0) is 18.8 Å². The maximum absolute atomic E-state index is 4.62. The summed E-state index contributed by atoms with van der Waals surface area (Å²) in [7, 11) is 0. The van der Waals surface area contributed by atoms with Gasteiger partial charge >= 0.3 is 0 Å². The number of aromatic nitrogens is 1. The van der Waals surface area contributed by atoms with Crippen molar-refractivity contribution in [1.29, 1.82) is 0 Å². The van der Waals surface area contributed by atoms with E-state index in [1.807, 2.05) is 0 Å². The predicted octanol–water partition coefficient (Wildman–Crippen LogP) is 2.91. The molecule has 2 atom stereocenters. The molecule has 0 spiro atoms. The van der Waals surface area contributed by atoms with E-state index in [2.05, 4.69) is 55.2 Å². The number of aryl methyl sites for hydroxylation is 1. The molecule has 1 saturated heterocycles. The summed E-state index contributed by atoms with van der Waals surface area (Å²) in [5.41, 5.74) is 1.23.